The lowest BCUT2D eigenvalue weighted by molar-refractivity contribution is -0.0523. The van der Waals surface area contributed by atoms with Crippen molar-refractivity contribution >= 4 is 10.1 Å². The van der Waals surface area contributed by atoms with Gasteiger partial charge >= 0.3 is 15.6 Å². The van der Waals surface area contributed by atoms with E-state index in [1.165, 1.54) is 6.92 Å². The highest BCUT2D eigenvalue weighted by Gasteiger charge is 2.49. The molecule has 1 aromatic carbocycles. The molecule has 1 saturated heterocycles. The second-order valence-corrected chi connectivity index (χ2v) is 7.51. The fourth-order valence-electron chi connectivity index (χ4n) is 2.66. The normalized spacial score (nSPS) is 24.3. The maximum absolute atomic E-state index is 12.5. The summed E-state index contributed by atoms with van der Waals surface area (Å²) in [4.78, 5) is 0. The molecule has 0 amide bonds. The second-order valence-electron chi connectivity index (χ2n) is 5.97. The number of benzene rings is 1. The largest absolute Gasteiger partial charge is 0.534 e. The minimum Gasteiger partial charge on any atom is -0.381 e. The average molecular weight is 364 g/mol. The summed E-state index contributed by atoms with van der Waals surface area (Å²) in [5.74, 6) is -0.315. The number of hydrogen-bond acceptors (Lipinski definition) is 4. The SMILES string of the molecule is C/C(OS(=O)(=O)C(F)(F)F)=C1\CC(c2ccccc2)OC1C(C)C. The van der Waals surface area contributed by atoms with E-state index in [1.54, 1.807) is 0 Å². The topological polar surface area (TPSA) is 52.6 Å². The zero-order valence-electron chi connectivity index (χ0n) is 13.5. The van der Waals surface area contributed by atoms with Crippen LogP contribution in [0.15, 0.2) is 41.7 Å². The standard InChI is InChI=1S/C16H19F3O4S/c1-10(2)15-13(11(3)23-24(20,21)16(17,18)19)9-14(22-15)12-7-5-4-6-8-12/h4-8,10,14-15H,9H2,1-3H3/b13-11-. The van der Waals surface area contributed by atoms with Crippen LogP contribution in [0.4, 0.5) is 13.2 Å². The summed E-state index contributed by atoms with van der Waals surface area (Å²) in [6.07, 6.45) is -0.564. The van der Waals surface area contributed by atoms with Crippen molar-refractivity contribution < 1.29 is 30.5 Å². The highest BCUT2D eigenvalue weighted by molar-refractivity contribution is 7.87. The van der Waals surface area contributed by atoms with Crippen LogP contribution in [0.25, 0.3) is 0 Å². The third-order valence-electron chi connectivity index (χ3n) is 3.81. The first kappa shape index (κ1) is 18.8. The maximum Gasteiger partial charge on any atom is 0.534 e. The molecular formula is C16H19F3O4S. The van der Waals surface area contributed by atoms with Crippen molar-refractivity contribution in [2.75, 3.05) is 0 Å². The molecule has 0 aromatic heterocycles. The van der Waals surface area contributed by atoms with Gasteiger partial charge in [0.05, 0.1) is 12.2 Å². The van der Waals surface area contributed by atoms with E-state index in [4.69, 9.17) is 4.74 Å². The molecule has 1 aliphatic rings. The number of allylic oxidation sites excluding steroid dienone is 1. The minimum absolute atomic E-state index is 0.0409. The van der Waals surface area contributed by atoms with Crippen LogP contribution >= 0.6 is 0 Å². The van der Waals surface area contributed by atoms with Crippen molar-refractivity contribution in [1.82, 2.24) is 0 Å². The van der Waals surface area contributed by atoms with Crippen molar-refractivity contribution in [1.29, 1.82) is 0 Å². The Morgan fingerprint density at radius 2 is 1.83 bits per heavy atom. The van der Waals surface area contributed by atoms with Gasteiger partial charge in [0.15, 0.2) is 0 Å². The molecule has 2 unspecified atom stereocenters. The Kier molecular flexibility index (Phi) is 5.29. The highest BCUT2D eigenvalue weighted by atomic mass is 32.2. The Hall–Kier alpha value is -1.54. The monoisotopic (exact) mass is 364 g/mol. The van der Waals surface area contributed by atoms with Crippen molar-refractivity contribution in [2.24, 2.45) is 5.92 Å². The van der Waals surface area contributed by atoms with Crippen LogP contribution in [0.5, 0.6) is 0 Å². The van der Waals surface area contributed by atoms with Gasteiger partial charge in [0.25, 0.3) is 0 Å². The van der Waals surface area contributed by atoms with E-state index < -0.39 is 21.7 Å². The molecule has 0 N–H and O–H groups in total. The summed E-state index contributed by atoms with van der Waals surface area (Å²) in [6, 6.07) is 9.23. The van der Waals surface area contributed by atoms with Crippen molar-refractivity contribution in [3.05, 3.63) is 47.2 Å². The molecule has 0 radical (unpaired) electrons. The van der Waals surface area contributed by atoms with Gasteiger partial charge in [0.1, 0.15) is 5.76 Å². The van der Waals surface area contributed by atoms with Gasteiger partial charge in [-0.25, -0.2) is 0 Å². The Morgan fingerprint density at radius 3 is 2.33 bits per heavy atom. The predicted molar refractivity (Wildman–Crippen MR) is 82.3 cm³/mol. The van der Waals surface area contributed by atoms with Gasteiger partial charge in [-0.1, -0.05) is 44.2 Å². The first-order chi connectivity index (χ1) is 11.0. The molecule has 134 valence electrons. The van der Waals surface area contributed by atoms with E-state index in [1.807, 2.05) is 44.2 Å². The Morgan fingerprint density at radius 1 is 1.25 bits per heavy atom. The summed E-state index contributed by atoms with van der Waals surface area (Å²) in [5, 5.41) is 0. The molecule has 2 atom stereocenters. The minimum atomic E-state index is -5.68. The molecular weight excluding hydrogens is 345 g/mol. The van der Waals surface area contributed by atoms with Crippen LogP contribution < -0.4 is 0 Å². The highest BCUT2D eigenvalue weighted by Crippen LogP contribution is 2.41. The Bertz CT molecular complexity index is 709. The second kappa shape index (κ2) is 6.76. The average Bonchev–Trinajstić information content (AvgIpc) is 2.92. The molecule has 1 aromatic rings. The predicted octanol–water partition coefficient (Wildman–Crippen LogP) is 4.31. The maximum atomic E-state index is 12.5. The Labute approximate surface area is 139 Å². The smallest absolute Gasteiger partial charge is 0.381 e. The molecule has 1 heterocycles. The number of ether oxygens (including phenoxy) is 1. The fourth-order valence-corrected chi connectivity index (χ4v) is 3.19. The lowest BCUT2D eigenvalue weighted by Gasteiger charge is -2.19. The van der Waals surface area contributed by atoms with Gasteiger partial charge in [-0.2, -0.15) is 21.6 Å². The van der Waals surface area contributed by atoms with Gasteiger partial charge in [0.2, 0.25) is 0 Å². The summed E-state index contributed by atoms with van der Waals surface area (Å²) in [6.45, 7) is 4.93. The molecule has 24 heavy (non-hydrogen) atoms. The van der Waals surface area contributed by atoms with E-state index in [9.17, 15) is 21.6 Å². The lowest BCUT2D eigenvalue weighted by Crippen LogP contribution is -2.26. The molecule has 4 nitrogen and oxygen atoms in total. The molecule has 0 aliphatic carbocycles. The van der Waals surface area contributed by atoms with E-state index >= 15 is 0 Å². The van der Waals surface area contributed by atoms with Crippen molar-refractivity contribution in [3.8, 4) is 0 Å². The van der Waals surface area contributed by atoms with Crippen molar-refractivity contribution in [2.45, 2.75) is 44.9 Å². The van der Waals surface area contributed by atoms with E-state index in [-0.39, 0.29) is 24.2 Å². The van der Waals surface area contributed by atoms with Gasteiger partial charge in [-0.15, -0.1) is 0 Å². The molecule has 0 spiro atoms. The lowest BCUT2D eigenvalue weighted by atomic mass is 9.96. The van der Waals surface area contributed by atoms with Crippen LogP contribution in [0.1, 0.15) is 38.9 Å². The number of alkyl halides is 3. The van der Waals surface area contributed by atoms with E-state index in [2.05, 4.69) is 4.18 Å². The van der Waals surface area contributed by atoms with Crippen LogP contribution in [0.2, 0.25) is 0 Å². The number of halogens is 3. The molecule has 0 saturated carbocycles. The molecule has 1 aliphatic heterocycles. The van der Waals surface area contributed by atoms with Gasteiger partial charge in [-0.3, -0.25) is 0 Å². The van der Waals surface area contributed by atoms with Crippen LogP contribution in [0.3, 0.4) is 0 Å². The van der Waals surface area contributed by atoms with Crippen LogP contribution in [0, 0.1) is 5.92 Å². The first-order valence-corrected chi connectivity index (χ1v) is 8.84. The molecule has 1 fully saturated rings. The number of hydrogen-bond donors (Lipinski definition) is 0. The van der Waals surface area contributed by atoms with Gasteiger partial charge in [-0.05, 0) is 18.4 Å². The van der Waals surface area contributed by atoms with Crippen LogP contribution in [-0.2, 0) is 19.0 Å². The third kappa shape index (κ3) is 3.92. The molecule has 2 rings (SSSR count). The Balaban J connectivity index is 2.32. The summed E-state index contributed by atoms with van der Waals surface area (Å²) in [5.41, 5.74) is -4.14. The van der Waals surface area contributed by atoms with Gasteiger partial charge in [0, 0.05) is 12.0 Å². The zero-order chi connectivity index (χ0) is 18.1. The van der Waals surface area contributed by atoms with Crippen molar-refractivity contribution in [3.63, 3.8) is 0 Å². The zero-order valence-corrected chi connectivity index (χ0v) is 14.3. The third-order valence-corrected chi connectivity index (χ3v) is 4.84. The van der Waals surface area contributed by atoms with Gasteiger partial charge < -0.3 is 8.92 Å². The van der Waals surface area contributed by atoms with Crippen LogP contribution in [-0.4, -0.2) is 20.0 Å². The van der Waals surface area contributed by atoms with E-state index in [0.717, 1.165) is 5.56 Å². The summed E-state index contributed by atoms with van der Waals surface area (Å²) >= 11 is 0. The fraction of sp³-hybridized carbons (Fsp3) is 0.500. The first-order valence-electron chi connectivity index (χ1n) is 7.43. The number of rotatable bonds is 4. The summed E-state index contributed by atoms with van der Waals surface area (Å²) in [7, 11) is -5.68. The van der Waals surface area contributed by atoms with E-state index in [0.29, 0.717) is 5.57 Å². The molecule has 0 bridgehead atoms. The molecule has 8 heteroatoms. The summed E-state index contributed by atoms with van der Waals surface area (Å²) < 4.78 is 70.2. The quantitative estimate of drug-likeness (QED) is 0.454.